The number of nitro groups is 1. The van der Waals surface area contributed by atoms with Crippen LogP contribution < -0.4 is 5.48 Å². The maximum Gasteiger partial charge on any atom is 0.285 e. The number of nitro benzene ring substituents is 1. The minimum absolute atomic E-state index is 0.0945. The van der Waals surface area contributed by atoms with Gasteiger partial charge in [-0.1, -0.05) is 0 Å². The second kappa shape index (κ2) is 6.62. The molecule has 1 aromatic carbocycles. The molecule has 0 saturated carbocycles. The van der Waals surface area contributed by atoms with Crippen molar-refractivity contribution in [2.75, 3.05) is 20.3 Å². The number of ether oxygens (including phenoxy) is 1. The summed E-state index contributed by atoms with van der Waals surface area (Å²) in [6, 6.07) is 2.64. The number of hydrogen-bond donors (Lipinski definition) is 1. The quantitative estimate of drug-likeness (QED) is 0.467. The Bertz CT molecular complexity index is 452. The highest BCUT2D eigenvalue weighted by molar-refractivity contribution is 5.97. The van der Waals surface area contributed by atoms with Gasteiger partial charge in [0.2, 0.25) is 0 Å². The first kappa shape index (κ1) is 14.0. The van der Waals surface area contributed by atoms with E-state index >= 15 is 0 Å². The average Bonchev–Trinajstić information content (AvgIpc) is 2.34. The molecule has 0 heterocycles. The Morgan fingerprint density at radius 1 is 1.50 bits per heavy atom. The number of hydrogen-bond acceptors (Lipinski definition) is 5. The third-order valence-electron chi connectivity index (χ3n) is 1.96. The van der Waals surface area contributed by atoms with Crippen LogP contribution in [0.2, 0.25) is 0 Å². The van der Waals surface area contributed by atoms with Gasteiger partial charge in [-0.15, -0.1) is 0 Å². The van der Waals surface area contributed by atoms with E-state index in [1.54, 1.807) is 0 Å². The Hall–Kier alpha value is -2.06. The Kier molecular flexibility index (Phi) is 5.15. The summed E-state index contributed by atoms with van der Waals surface area (Å²) in [4.78, 5) is 26.1. The highest BCUT2D eigenvalue weighted by Gasteiger charge is 2.20. The number of halogens is 1. The molecule has 8 heteroatoms. The zero-order valence-electron chi connectivity index (χ0n) is 9.51. The van der Waals surface area contributed by atoms with Gasteiger partial charge in [-0.25, -0.2) is 9.87 Å². The highest BCUT2D eigenvalue weighted by Crippen LogP contribution is 2.19. The van der Waals surface area contributed by atoms with Gasteiger partial charge in [-0.05, 0) is 12.1 Å². The van der Waals surface area contributed by atoms with Crippen LogP contribution in [-0.2, 0) is 9.57 Å². The Morgan fingerprint density at radius 3 is 2.83 bits per heavy atom. The molecule has 1 N–H and O–H groups in total. The number of benzene rings is 1. The first-order valence-corrected chi connectivity index (χ1v) is 4.91. The van der Waals surface area contributed by atoms with Gasteiger partial charge in [0.05, 0.1) is 24.2 Å². The van der Waals surface area contributed by atoms with Crippen molar-refractivity contribution in [2.45, 2.75) is 0 Å². The van der Waals surface area contributed by atoms with E-state index in [2.05, 4.69) is 4.74 Å². The average molecular weight is 258 g/mol. The van der Waals surface area contributed by atoms with E-state index in [0.29, 0.717) is 6.07 Å². The van der Waals surface area contributed by atoms with E-state index in [-0.39, 0.29) is 18.8 Å². The van der Waals surface area contributed by atoms with Crippen molar-refractivity contribution in [1.29, 1.82) is 0 Å². The topological polar surface area (TPSA) is 90.7 Å². The van der Waals surface area contributed by atoms with Gasteiger partial charge in [0.15, 0.2) is 0 Å². The van der Waals surface area contributed by atoms with Gasteiger partial charge < -0.3 is 4.74 Å². The van der Waals surface area contributed by atoms with Crippen LogP contribution in [0, 0.1) is 15.9 Å². The molecule has 1 amide bonds. The number of rotatable bonds is 6. The van der Waals surface area contributed by atoms with Crippen molar-refractivity contribution in [2.24, 2.45) is 0 Å². The van der Waals surface area contributed by atoms with Crippen LogP contribution >= 0.6 is 0 Å². The molecule has 1 rings (SSSR count). The van der Waals surface area contributed by atoms with Crippen LogP contribution in [0.5, 0.6) is 0 Å². The lowest BCUT2D eigenvalue weighted by Gasteiger charge is -2.05. The smallest absolute Gasteiger partial charge is 0.285 e. The fraction of sp³-hybridized carbons (Fsp3) is 0.300. The molecule has 1 aromatic rings. The van der Waals surface area contributed by atoms with Crippen molar-refractivity contribution in [1.82, 2.24) is 5.48 Å². The minimum Gasteiger partial charge on any atom is -0.382 e. The Morgan fingerprint density at radius 2 is 2.22 bits per heavy atom. The van der Waals surface area contributed by atoms with Gasteiger partial charge in [-0.2, -0.15) is 0 Å². The summed E-state index contributed by atoms with van der Waals surface area (Å²) in [5.41, 5.74) is 1.10. The number of carbonyl (C=O) groups is 1. The summed E-state index contributed by atoms with van der Waals surface area (Å²) in [5, 5.41) is 10.7. The fourth-order valence-corrected chi connectivity index (χ4v) is 1.14. The molecule has 0 aromatic heterocycles. The molecule has 0 saturated heterocycles. The second-order valence-corrected chi connectivity index (χ2v) is 3.19. The molecule has 98 valence electrons. The monoisotopic (exact) mass is 258 g/mol. The predicted molar refractivity (Wildman–Crippen MR) is 58.3 cm³/mol. The Labute approximate surface area is 102 Å². The summed E-state index contributed by atoms with van der Waals surface area (Å²) in [5.74, 6) is -1.61. The van der Waals surface area contributed by atoms with Crippen molar-refractivity contribution in [3.8, 4) is 0 Å². The number of nitrogens with one attached hydrogen (secondary N) is 1. The molecule has 18 heavy (non-hydrogen) atoms. The molecule has 0 aliphatic heterocycles. The number of methoxy groups -OCH3 is 1. The zero-order chi connectivity index (χ0) is 13.5. The number of carbonyl (C=O) groups excluding carboxylic acids is 1. The van der Waals surface area contributed by atoms with E-state index in [1.807, 2.05) is 5.48 Å². The molecular formula is C10H11FN2O5. The largest absolute Gasteiger partial charge is 0.382 e. The van der Waals surface area contributed by atoms with Crippen molar-refractivity contribution in [3.05, 3.63) is 39.7 Å². The summed E-state index contributed by atoms with van der Waals surface area (Å²) in [6.45, 7) is 0.350. The Balaban J connectivity index is 2.76. The molecule has 0 radical (unpaired) electrons. The first-order valence-electron chi connectivity index (χ1n) is 4.91. The second-order valence-electron chi connectivity index (χ2n) is 3.19. The van der Waals surface area contributed by atoms with Crippen LogP contribution in [0.4, 0.5) is 10.1 Å². The molecule has 0 spiro atoms. The van der Waals surface area contributed by atoms with Crippen LogP contribution in [0.15, 0.2) is 18.2 Å². The lowest BCUT2D eigenvalue weighted by atomic mass is 10.1. The third-order valence-corrected chi connectivity index (χ3v) is 1.96. The normalized spacial score (nSPS) is 10.1. The highest BCUT2D eigenvalue weighted by atomic mass is 19.1. The molecule has 0 bridgehead atoms. The van der Waals surface area contributed by atoms with Crippen LogP contribution in [0.3, 0.4) is 0 Å². The molecule has 0 aliphatic carbocycles. The van der Waals surface area contributed by atoms with Crippen LogP contribution in [-0.4, -0.2) is 31.2 Å². The van der Waals surface area contributed by atoms with E-state index in [1.165, 1.54) is 7.11 Å². The molecule has 0 unspecified atom stereocenters. The van der Waals surface area contributed by atoms with E-state index in [4.69, 9.17) is 4.84 Å². The zero-order valence-corrected chi connectivity index (χ0v) is 9.51. The maximum atomic E-state index is 12.8. The van der Waals surface area contributed by atoms with Gasteiger partial charge in [0, 0.05) is 7.11 Å². The summed E-state index contributed by atoms with van der Waals surface area (Å²) in [6.07, 6.45) is 0. The van der Waals surface area contributed by atoms with Gasteiger partial charge >= 0.3 is 0 Å². The van der Waals surface area contributed by atoms with Crippen molar-refractivity contribution >= 4 is 11.6 Å². The molecule has 0 fully saturated rings. The fourth-order valence-electron chi connectivity index (χ4n) is 1.14. The SMILES string of the molecule is COCCONC(=O)c1ccc(F)cc1[N+](=O)[O-]. The first-order chi connectivity index (χ1) is 8.56. The van der Waals surface area contributed by atoms with E-state index < -0.39 is 22.3 Å². The lowest BCUT2D eigenvalue weighted by Crippen LogP contribution is -2.26. The molecule has 0 aliphatic rings. The van der Waals surface area contributed by atoms with E-state index in [0.717, 1.165) is 12.1 Å². The van der Waals surface area contributed by atoms with Crippen LogP contribution in [0.1, 0.15) is 10.4 Å². The number of nitrogens with zero attached hydrogens (tertiary/aromatic N) is 1. The number of amides is 1. The van der Waals surface area contributed by atoms with Gasteiger partial charge in [0.25, 0.3) is 11.6 Å². The lowest BCUT2D eigenvalue weighted by molar-refractivity contribution is -0.385. The molecule has 0 atom stereocenters. The molecular weight excluding hydrogens is 247 g/mol. The number of hydroxylamine groups is 1. The van der Waals surface area contributed by atoms with Gasteiger partial charge in [-0.3, -0.25) is 19.7 Å². The van der Waals surface area contributed by atoms with Crippen molar-refractivity contribution < 1.29 is 23.7 Å². The van der Waals surface area contributed by atoms with Crippen LogP contribution in [0.25, 0.3) is 0 Å². The summed E-state index contributed by atoms with van der Waals surface area (Å²) < 4.78 is 17.5. The standard InChI is InChI=1S/C10H11FN2O5/c1-17-4-5-18-12-10(14)8-3-2-7(11)6-9(8)13(15)16/h2-3,6H,4-5H2,1H3,(H,12,14). The predicted octanol–water partition coefficient (Wildman–Crippen LogP) is 1.04. The molecule has 7 nitrogen and oxygen atoms in total. The summed E-state index contributed by atoms with van der Waals surface area (Å²) in [7, 11) is 1.45. The van der Waals surface area contributed by atoms with E-state index in [9.17, 15) is 19.3 Å². The van der Waals surface area contributed by atoms with Gasteiger partial charge in [0.1, 0.15) is 11.4 Å². The maximum absolute atomic E-state index is 12.8. The third kappa shape index (κ3) is 3.75. The summed E-state index contributed by atoms with van der Waals surface area (Å²) >= 11 is 0. The van der Waals surface area contributed by atoms with Crippen molar-refractivity contribution in [3.63, 3.8) is 0 Å². The minimum atomic E-state index is -0.840.